The van der Waals surface area contributed by atoms with Crippen LogP contribution in [0, 0.1) is 5.41 Å². The average molecular weight is 204 g/mol. The van der Waals surface area contributed by atoms with Crippen molar-refractivity contribution in [2.24, 2.45) is 11.1 Å². The van der Waals surface area contributed by atoms with Crippen molar-refractivity contribution in [3.63, 3.8) is 0 Å². The highest BCUT2D eigenvalue weighted by atomic mass is 15.1. The first kappa shape index (κ1) is 10.7. The van der Waals surface area contributed by atoms with E-state index < -0.39 is 0 Å². The van der Waals surface area contributed by atoms with Gasteiger partial charge in [-0.25, -0.2) is 0 Å². The summed E-state index contributed by atoms with van der Waals surface area (Å²) >= 11 is 0. The van der Waals surface area contributed by atoms with Crippen molar-refractivity contribution >= 4 is 0 Å². The fraction of sp³-hybridized carbons (Fsp3) is 0.538. The van der Waals surface area contributed by atoms with Gasteiger partial charge in [0.05, 0.1) is 0 Å². The molecule has 0 unspecified atom stereocenters. The molecule has 0 atom stereocenters. The Morgan fingerprint density at radius 2 is 1.73 bits per heavy atom. The Hall–Kier alpha value is -0.860. The van der Waals surface area contributed by atoms with Gasteiger partial charge in [0.2, 0.25) is 0 Å². The lowest BCUT2D eigenvalue weighted by atomic mass is 9.93. The normalized spacial score (nSPS) is 16.7. The van der Waals surface area contributed by atoms with Gasteiger partial charge < -0.3 is 5.73 Å². The number of benzene rings is 1. The molecule has 1 aromatic carbocycles. The van der Waals surface area contributed by atoms with Gasteiger partial charge in [-0.3, -0.25) is 4.90 Å². The summed E-state index contributed by atoms with van der Waals surface area (Å²) in [6, 6.07) is 8.70. The van der Waals surface area contributed by atoms with Crippen molar-refractivity contribution in [2.75, 3.05) is 13.1 Å². The molecular formula is C13H20N2. The Morgan fingerprint density at radius 3 is 2.20 bits per heavy atom. The molecule has 0 saturated heterocycles. The van der Waals surface area contributed by atoms with Gasteiger partial charge in [0, 0.05) is 19.6 Å². The molecule has 2 heteroatoms. The van der Waals surface area contributed by atoms with Crippen LogP contribution < -0.4 is 5.73 Å². The first-order chi connectivity index (χ1) is 7.11. The topological polar surface area (TPSA) is 29.3 Å². The van der Waals surface area contributed by atoms with Gasteiger partial charge in [-0.1, -0.05) is 38.1 Å². The predicted octanol–water partition coefficient (Wildman–Crippen LogP) is 1.99. The largest absolute Gasteiger partial charge is 0.330 e. The van der Waals surface area contributed by atoms with Crippen LogP contribution in [-0.2, 0) is 13.1 Å². The molecule has 2 nitrogen and oxygen atoms in total. The van der Waals surface area contributed by atoms with E-state index in [1.165, 1.54) is 11.1 Å². The van der Waals surface area contributed by atoms with E-state index in [-0.39, 0.29) is 5.41 Å². The molecule has 2 rings (SSSR count). The lowest BCUT2D eigenvalue weighted by molar-refractivity contribution is 0.184. The molecule has 0 bridgehead atoms. The van der Waals surface area contributed by atoms with Gasteiger partial charge >= 0.3 is 0 Å². The number of hydrogen-bond acceptors (Lipinski definition) is 2. The van der Waals surface area contributed by atoms with Crippen LogP contribution in [0.5, 0.6) is 0 Å². The van der Waals surface area contributed by atoms with Crippen LogP contribution in [0.3, 0.4) is 0 Å². The molecule has 1 aromatic rings. The summed E-state index contributed by atoms with van der Waals surface area (Å²) < 4.78 is 0. The molecule has 0 fully saturated rings. The van der Waals surface area contributed by atoms with Crippen LogP contribution in [0.1, 0.15) is 25.0 Å². The second-order valence-corrected chi connectivity index (χ2v) is 5.28. The fourth-order valence-electron chi connectivity index (χ4n) is 2.19. The lowest BCUT2D eigenvalue weighted by Crippen LogP contribution is -2.36. The summed E-state index contributed by atoms with van der Waals surface area (Å²) in [6.45, 7) is 8.46. The smallest absolute Gasteiger partial charge is 0.0240 e. The molecule has 0 amide bonds. The SMILES string of the molecule is CC(C)(CN)CN1Cc2ccccc2C1. The highest BCUT2D eigenvalue weighted by Gasteiger charge is 2.24. The van der Waals surface area contributed by atoms with Gasteiger partial charge in [-0.05, 0) is 23.1 Å². The van der Waals surface area contributed by atoms with E-state index in [0.717, 1.165) is 26.2 Å². The minimum absolute atomic E-state index is 0.224. The van der Waals surface area contributed by atoms with Crippen LogP contribution in [0.2, 0.25) is 0 Å². The van der Waals surface area contributed by atoms with E-state index in [9.17, 15) is 0 Å². The molecule has 1 heterocycles. The van der Waals surface area contributed by atoms with Crippen LogP contribution in [0.15, 0.2) is 24.3 Å². The molecule has 2 N–H and O–H groups in total. The van der Waals surface area contributed by atoms with Crippen LogP contribution in [0.4, 0.5) is 0 Å². The van der Waals surface area contributed by atoms with Crippen molar-refractivity contribution in [1.82, 2.24) is 4.90 Å². The van der Waals surface area contributed by atoms with E-state index in [1.807, 2.05) is 0 Å². The van der Waals surface area contributed by atoms with Crippen molar-refractivity contribution in [2.45, 2.75) is 26.9 Å². The third-order valence-electron chi connectivity index (χ3n) is 3.11. The number of rotatable bonds is 3. The molecular weight excluding hydrogens is 184 g/mol. The first-order valence-corrected chi connectivity index (χ1v) is 5.60. The summed E-state index contributed by atoms with van der Waals surface area (Å²) in [6.07, 6.45) is 0. The van der Waals surface area contributed by atoms with Crippen molar-refractivity contribution in [1.29, 1.82) is 0 Å². The third-order valence-corrected chi connectivity index (χ3v) is 3.11. The molecule has 0 spiro atoms. The second-order valence-electron chi connectivity index (χ2n) is 5.28. The monoisotopic (exact) mass is 204 g/mol. The minimum Gasteiger partial charge on any atom is -0.330 e. The highest BCUT2D eigenvalue weighted by molar-refractivity contribution is 5.30. The molecule has 15 heavy (non-hydrogen) atoms. The Labute approximate surface area is 92.1 Å². The molecule has 0 radical (unpaired) electrons. The maximum Gasteiger partial charge on any atom is 0.0240 e. The number of nitrogens with zero attached hydrogens (tertiary/aromatic N) is 1. The summed E-state index contributed by atoms with van der Waals surface area (Å²) in [5, 5.41) is 0. The van der Waals surface area contributed by atoms with Crippen LogP contribution in [-0.4, -0.2) is 18.0 Å². The average Bonchev–Trinajstić information content (AvgIpc) is 2.58. The molecule has 1 aliphatic heterocycles. The minimum atomic E-state index is 0.224. The van der Waals surface area contributed by atoms with Crippen LogP contribution in [0.25, 0.3) is 0 Å². The Bertz CT molecular complexity index is 319. The first-order valence-electron chi connectivity index (χ1n) is 5.60. The second kappa shape index (κ2) is 3.95. The zero-order valence-corrected chi connectivity index (χ0v) is 9.66. The summed E-state index contributed by atoms with van der Waals surface area (Å²) in [4.78, 5) is 2.48. The maximum atomic E-state index is 5.76. The number of hydrogen-bond donors (Lipinski definition) is 1. The molecule has 0 aromatic heterocycles. The Balaban J connectivity index is 2.02. The number of nitrogens with two attached hydrogens (primary N) is 1. The fourth-order valence-corrected chi connectivity index (χ4v) is 2.19. The summed E-state index contributed by atoms with van der Waals surface area (Å²) in [5.41, 5.74) is 8.94. The van der Waals surface area contributed by atoms with Crippen molar-refractivity contribution in [3.8, 4) is 0 Å². The molecule has 0 saturated carbocycles. The van der Waals surface area contributed by atoms with E-state index in [0.29, 0.717) is 0 Å². The van der Waals surface area contributed by atoms with Crippen molar-refractivity contribution < 1.29 is 0 Å². The zero-order chi connectivity index (χ0) is 10.9. The van der Waals surface area contributed by atoms with Crippen LogP contribution >= 0.6 is 0 Å². The Morgan fingerprint density at radius 1 is 1.20 bits per heavy atom. The third kappa shape index (κ3) is 2.39. The molecule has 0 aliphatic carbocycles. The van der Waals surface area contributed by atoms with E-state index in [1.54, 1.807) is 0 Å². The summed E-state index contributed by atoms with van der Waals surface area (Å²) in [5.74, 6) is 0. The highest BCUT2D eigenvalue weighted by Crippen LogP contribution is 2.25. The maximum absolute atomic E-state index is 5.76. The van der Waals surface area contributed by atoms with Crippen molar-refractivity contribution in [3.05, 3.63) is 35.4 Å². The van der Waals surface area contributed by atoms with Gasteiger partial charge in [0.15, 0.2) is 0 Å². The van der Waals surface area contributed by atoms with E-state index in [2.05, 4.69) is 43.0 Å². The van der Waals surface area contributed by atoms with E-state index >= 15 is 0 Å². The standard InChI is InChI=1S/C13H20N2/c1-13(2,9-14)10-15-7-11-5-3-4-6-12(11)8-15/h3-6H,7-10,14H2,1-2H3. The van der Waals surface area contributed by atoms with E-state index in [4.69, 9.17) is 5.73 Å². The number of fused-ring (bicyclic) bond motifs is 1. The van der Waals surface area contributed by atoms with Gasteiger partial charge in [0.1, 0.15) is 0 Å². The van der Waals surface area contributed by atoms with Gasteiger partial charge in [-0.15, -0.1) is 0 Å². The van der Waals surface area contributed by atoms with Gasteiger partial charge in [0.25, 0.3) is 0 Å². The quantitative estimate of drug-likeness (QED) is 0.816. The summed E-state index contributed by atoms with van der Waals surface area (Å²) in [7, 11) is 0. The predicted molar refractivity (Wildman–Crippen MR) is 63.4 cm³/mol. The zero-order valence-electron chi connectivity index (χ0n) is 9.66. The molecule has 82 valence electrons. The molecule has 1 aliphatic rings. The lowest BCUT2D eigenvalue weighted by Gasteiger charge is -2.28. The Kier molecular flexibility index (Phi) is 2.81. The van der Waals surface area contributed by atoms with Gasteiger partial charge in [-0.2, -0.15) is 0 Å².